The first-order chi connectivity index (χ1) is 19.3. The van der Waals surface area contributed by atoms with Gasteiger partial charge in [0.25, 0.3) is 11.8 Å². The Morgan fingerprint density at radius 2 is 1.57 bits per heavy atom. The summed E-state index contributed by atoms with van der Waals surface area (Å²) >= 11 is 0. The van der Waals surface area contributed by atoms with E-state index in [4.69, 9.17) is 4.74 Å². The second-order valence-electron chi connectivity index (χ2n) is 9.51. The lowest BCUT2D eigenvalue weighted by atomic mass is 10.1. The van der Waals surface area contributed by atoms with Gasteiger partial charge in [0.2, 0.25) is 0 Å². The SMILES string of the molecule is CCc1ccc(N2C(=O)NC(=O)/C(=C/c3cc(C)n(-c4ccc(OCc5ccccc5F)cc4)c3C)C2=O)cc1. The van der Waals surface area contributed by atoms with Crippen molar-refractivity contribution in [3.63, 3.8) is 0 Å². The van der Waals surface area contributed by atoms with Crippen LogP contribution >= 0.6 is 0 Å². The fraction of sp³-hybridized carbons (Fsp3) is 0.156. The number of imide groups is 2. The average molecular weight is 538 g/mol. The quantitative estimate of drug-likeness (QED) is 0.230. The van der Waals surface area contributed by atoms with Gasteiger partial charge in [-0.3, -0.25) is 14.9 Å². The Labute approximate surface area is 231 Å². The summed E-state index contributed by atoms with van der Waals surface area (Å²) in [4.78, 5) is 39.6. The maximum absolute atomic E-state index is 13.9. The number of benzene rings is 3. The van der Waals surface area contributed by atoms with E-state index in [1.165, 1.54) is 12.1 Å². The summed E-state index contributed by atoms with van der Waals surface area (Å²) in [6.45, 7) is 5.94. The highest BCUT2D eigenvalue weighted by atomic mass is 19.1. The summed E-state index contributed by atoms with van der Waals surface area (Å²) in [6.07, 6.45) is 2.34. The van der Waals surface area contributed by atoms with E-state index in [1.54, 1.807) is 42.5 Å². The number of halogens is 1. The van der Waals surface area contributed by atoms with Crippen molar-refractivity contribution in [2.75, 3.05) is 4.90 Å². The average Bonchev–Trinajstić information content (AvgIpc) is 3.23. The van der Waals surface area contributed by atoms with Crippen LogP contribution in [-0.4, -0.2) is 22.4 Å². The second-order valence-corrected chi connectivity index (χ2v) is 9.51. The number of carbonyl (C=O) groups is 3. The summed E-state index contributed by atoms with van der Waals surface area (Å²) < 4.78 is 21.6. The van der Waals surface area contributed by atoms with Crippen LogP contribution in [0.25, 0.3) is 11.8 Å². The van der Waals surface area contributed by atoms with Gasteiger partial charge in [-0.1, -0.05) is 37.3 Å². The van der Waals surface area contributed by atoms with Gasteiger partial charge in [0.1, 0.15) is 23.7 Å². The highest BCUT2D eigenvalue weighted by Crippen LogP contribution is 2.27. The molecule has 0 radical (unpaired) electrons. The van der Waals surface area contributed by atoms with Crippen LogP contribution in [0, 0.1) is 19.7 Å². The van der Waals surface area contributed by atoms with Crippen LogP contribution < -0.4 is 15.0 Å². The minimum absolute atomic E-state index is 0.115. The first-order valence-corrected chi connectivity index (χ1v) is 12.9. The number of rotatable bonds is 7. The van der Waals surface area contributed by atoms with Crippen LogP contribution in [-0.2, 0) is 22.6 Å². The van der Waals surface area contributed by atoms with Crippen molar-refractivity contribution in [3.8, 4) is 11.4 Å². The second kappa shape index (κ2) is 11.0. The van der Waals surface area contributed by atoms with Crippen LogP contribution in [0.3, 0.4) is 0 Å². The zero-order valence-corrected chi connectivity index (χ0v) is 22.4. The van der Waals surface area contributed by atoms with Gasteiger partial charge in [-0.25, -0.2) is 14.1 Å². The van der Waals surface area contributed by atoms with Crippen molar-refractivity contribution < 1.29 is 23.5 Å². The maximum atomic E-state index is 13.9. The van der Waals surface area contributed by atoms with E-state index in [-0.39, 0.29) is 18.0 Å². The zero-order valence-electron chi connectivity index (χ0n) is 22.4. The Morgan fingerprint density at radius 3 is 2.25 bits per heavy atom. The zero-order chi connectivity index (χ0) is 28.4. The molecule has 0 unspecified atom stereocenters. The molecule has 3 aromatic carbocycles. The monoisotopic (exact) mass is 537 g/mol. The van der Waals surface area contributed by atoms with Crippen molar-refractivity contribution in [1.82, 2.24) is 9.88 Å². The molecule has 1 fully saturated rings. The molecule has 1 aliphatic heterocycles. The van der Waals surface area contributed by atoms with Gasteiger partial charge in [-0.15, -0.1) is 0 Å². The largest absolute Gasteiger partial charge is 0.489 e. The lowest BCUT2D eigenvalue weighted by molar-refractivity contribution is -0.122. The van der Waals surface area contributed by atoms with Crippen LogP contribution in [0.2, 0.25) is 0 Å². The number of carbonyl (C=O) groups excluding carboxylic acids is 3. The molecule has 2 heterocycles. The van der Waals surface area contributed by atoms with Crippen molar-refractivity contribution in [1.29, 1.82) is 0 Å². The number of amides is 4. The van der Waals surface area contributed by atoms with E-state index in [2.05, 4.69) is 5.32 Å². The van der Waals surface area contributed by atoms with Crippen LogP contribution in [0.4, 0.5) is 14.9 Å². The van der Waals surface area contributed by atoms with E-state index in [1.807, 2.05) is 55.7 Å². The molecule has 1 N–H and O–H groups in total. The minimum atomic E-state index is -0.779. The molecular weight excluding hydrogens is 509 g/mol. The maximum Gasteiger partial charge on any atom is 0.335 e. The number of hydrogen-bond donors (Lipinski definition) is 1. The molecule has 0 aliphatic carbocycles. The molecule has 8 heteroatoms. The van der Waals surface area contributed by atoms with E-state index < -0.39 is 17.8 Å². The molecule has 1 aliphatic rings. The van der Waals surface area contributed by atoms with E-state index in [0.717, 1.165) is 34.0 Å². The van der Waals surface area contributed by atoms with Gasteiger partial charge >= 0.3 is 6.03 Å². The molecule has 202 valence electrons. The van der Waals surface area contributed by atoms with Gasteiger partial charge in [0.05, 0.1) is 5.69 Å². The molecule has 4 aromatic rings. The van der Waals surface area contributed by atoms with E-state index in [0.29, 0.717) is 22.6 Å². The summed E-state index contributed by atoms with van der Waals surface area (Å²) in [5.74, 6) is -1.14. The number of ether oxygens (including phenoxy) is 1. The molecule has 7 nitrogen and oxygen atoms in total. The molecule has 4 amide bonds. The first-order valence-electron chi connectivity index (χ1n) is 12.9. The summed E-state index contributed by atoms with van der Waals surface area (Å²) in [5.41, 5.74) is 5.02. The molecule has 0 saturated carbocycles. The topological polar surface area (TPSA) is 80.6 Å². The van der Waals surface area contributed by atoms with Crippen molar-refractivity contribution in [2.24, 2.45) is 0 Å². The molecule has 0 bridgehead atoms. The summed E-state index contributed by atoms with van der Waals surface area (Å²) in [6, 6.07) is 22.0. The van der Waals surface area contributed by atoms with Gasteiger partial charge < -0.3 is 9.30 Å². The lowest BCUT2D eigenvalue weighted by Crippen LogP contribution is -2.54. The van der Waals surface area contributed by atoms with Crippen molar-refractivity contribution in [3.05, 3.63) is 118 Å². The highest BCUT2D eigenvalue weighted by Gasteiger charge is 2.37. The number of aromatic nitrogens is 1. The van der Waals surface area contributed by atoms with Crippen LogP contribution in [0.15, 0.2) is 84.4 Å². The Balaban J connectivity index is 1.39. The molecule has 0 atom stereocenters. The Kier molecular flexibility index (Phi) is 7.33. The molecule has 40 heavy (non-hydrogen) atoms. The molecule has 1 aromatic heterocycles. The first kappa shape index (κ1) is 26.6. The van der Waals surface area contributed by atoms with Crippen LogP contribution in [0.1, 0.15) is 35.0 Å². The molecule has 1 saturated heterocycles. The predicted octanol–water partition coefficient (Wildman–Crippen LogP) is 6.04. The number of nitrogens with zero attached hydrogens (tertiary/aromatic N) is 2. The van der Waals surface area contributed by atoms with Gasteiger partial charge in [-0.05, 0) is 86.0 Å². The summed E-state index contributed by atoms with van der Waals surface area (Å²) in [7, 11) is 0. The normalized spacial score (nSPS) is 14.6. The number of barbiturate groups is 1. The Morgan fingerprint density at radius 1 is 0.900 bits per heavy atom. The lowest BCUT2D eigenvalue weighted by Gasteiger charge is -2.26. The number of nitrogens with one attached hydrogen (secondary N) is 1. The third-order valence-corrected chi connectivity index (χ3v) is 6.92. The van der Waals surface area contributed by atoms with Gasteiger partial charge in [-0.2, -0.15) is 0 Å². The number of aryl methyl sites for hydroxylation is 2. The third-order valence-electron chi connectivity index (χ3n) is 6.92. The van der Waals surface area contributed by atoms with Gasteiger partial charge in [0.15, 0.2) is 0 Å². The Bertz CT molecular complexity index is 1640. The minimum Gasteiger partial charge on any atom is -0.489 e. The third kappa shape index (κ3) is 5.16. The number of urea groups is 1. The molecular formula is C32H28FN3O4. The van der Waals surface area contributed by atoms with E-state index >= 15 is 0 Å². The molecule has 0 spiro atoms. The van der Waals surface area contributed by atoms with E-state index in [9.17, 15) is 18.8 Å². The van der Waals surface area contributed by atoms with Crippen LogP contribution in [0.5, 0.6) is 5.75 Å². The smallest absolute Gasteiger partial charge is 0.335 e. The Hall–Kier alpha value is -4.98. The number of hydrogen-bond acceptors (Lipinski definition) is 4. The highest BCUT2D eigenvalue weighted by molar-refractivity contribution is 6.39. The summed E-state index contributed by atoms with van der Waals surface area (Å²) in [5, 5.41) is 2.28. The van der Waals surface area contributed by atoms with Crippen molar-refractivity contribution in [2.45, 2.75) is 33.8 Å². The van der Waals surface area contributed by atoms with Gasteiger partial charge in [0, 0.05) is 22.6 Å². The molecule has 5 rings (SSSR count). The fourth-order valence-corrected chi connectivity index (χ4v) is 4.73. The van der Waals surface area contributed by atoms with Crippen molar-refractivity contribution >= 4 is 29.6 Å². The fourth-order valence-electron chi connectivity index (χ4n) is 4.73. The number of anilines is 1. The standard InChI is InChI=1S/C32H28FN3O4/c1-4-22-9-11-26(12-10-22)36-31(38)28(30(37)34-32(36)39)18-24-17-20(2)35(21(24)3)25-13-15-27(16-14-25)40-19-23-7-5-6-8-29(23)33/h5-18H,4,19H2,1-3H3,(H,34,37,39)/b28-18-. The predicted molar refractivity (Wildman–Crippen MR) is 151 cm³/mol.